The van der Waals surface area contributed by atoms with Crippen molar-refractivity contribution in [1.82, 2.24) is 15.5 Å². The van der Waals surface area contributed by atoms with Gasteiger partial charge in [-0.1, -0.05) is 0 Å². The first kappa shape index (κ1) is 13.9. The molecule has 0 aliphatic rings. The molecule has 2 amide bonds. The Morgan fingerprint density at radius 2 is 1.94 bits per heavy atom. The number of hydrogen-bond donors (Lipinski definition) is 2. The zero-order valence-electron chi connectivity index (χ0n) is 10.5. The van der Waals surface area contributed by atoms with Crippen LogP contribution in [0.4, 0.5) is 4.79 Å². The first-order valence-electron chi connectivity index (χ1n) is 5.32. The van der Waals surface area contributed by atoms with Gasteiger partial charge in [0.25, 0.3) is 0 Å². The molecule has 0 saturated heterocycles. The van der Waals surface area contributed by atoms with E-state index in [0.29, 0.717) is 0 Å². The minimum Gasteiger partial charge on any atom is -0.444 e. The van der Waals surface area contributed by atoms with Crippen molar-refractivity contribution in [3.63, 3.8) is 0 Å². The van der Waals surface area contributed by atoms with Gasteiger partial charge in [-0.2, -0.15) is 0 Å². The van der Waals surface area contributed by atoms with Gasteiger partial charge in [-0.3, -0.25) is 4.79 Å². The van der Waals surface area contributed by atoms with Gasteiger partial charge >= 0.3 is 6.09 Å². The van der Waals surface area contributed by atoms with Crippen molar-refractivity contribution in [2.24, 2.45) is 5.73 Å². The molecule has 1 heterocycles. The Morgan fingerprint density at radius 3 is 2.50 bits per heavy atom. The van der Waals surface area contributed by atoms with Crippen molar-refractivity contribution < 1.29 is 18.7 Å². The van der Waals surface area contributed by atoms with Crippen molar-refractivity contribution in [3.05, 3.63) is 11.8 Å². The van der Waals surface area contributed by atoms with Crippen molar-refractivity contribution in [2.45, 2.75) is 39.3 Å². The molecule has 0 aliphatic heterocycles. The zero-order valence-corrected chi connectivity index (χ0v) is 10.5. The van der Waals surface area contributed by atoms with Gasteiger partial charge in [-0.15, -0.1) is 10.2 Å². The molecular weight excluding hydrogens is 240 g/mol. The highest BCUT2D eigenvalue weighted by Gasteiger charge is 2.16. The minimum absolute atomic E-state index is 0.0284. The van der Waals surface area contributed by atoms with Crippen LogP contribution < -0.4 is 11.1 Å². The van der Waals surface area contributed by atoms with Crippen LogP contribution in [0.1, 0.15) is 32.6 Å². The highest BCUT2D eigenvalue weighted by molar-refractivity contribution is 5.75. The molecule has 0 spiro atoms. The Hall–Kier alpha value is -2.12. The molecule has 0 bridgehead atoms. The smallest absolute Gasteiger partial charge is 0.408 e. The average Bonchev–Trinajstić information content (AvgIpc) is 2.59. The van der Waals surface area contributed by atoms with Crippen LogP contribution in [0.2, 0.25) is 0 Å². The van der Waals surface area contributed by atoms with E-state index >= 15 is 0 Å². The summed E-state index contributed by atoms with van der Waals surface area (Å²) in [5.74, 6) is -0.272. The highest BCUT2D eigenvalue weighted by atomic mass is 16.6. The predicted molar refractivity (Wildman–Crippen MR) is 60.3 cm³/mol. The van der Waals surface area contributed by atoms with Crippen molar-refractivity contribution in [3.8, 4) is 0 Å². The summed E-state index contributed by atoms with van der Waals surface area (Å²) in [6, 6.07) is 0. The van der Waals surface area contributed by atoms with Gasteiger partial charge in [0.15, 0.2) is 0 Å². The lowest BCUT2D eigenvalue weighted by Gasteiger charge is -2.19. The number of primary amides is 1. The molecule has 8 heteroatoms. The largest absolute Gasteiger partial charge is 0.444 e. The zero-order chi connectivity index (χ0) is 13.8. The molecule has 0 aliphatic carbocycles. The predicted octanol–water partition coefficient (Wildman–Crippen LogP) is 0.122. The summed E-state index contributed by atoms with van der Waals surface area (Å²) in [5.41, 5.74) is 4.40. The molecule has 0 aromatic carbocycles. The lowest BCUT2D eigenvalue weighted by molar-refractivity contribution is -0.117. The van der Waals surface area contributed by atoms with Crippen LogP contribution in [-0.4, -0.2) is 27.8 Å². The minimum atomic E-state index is -0.586. The number of amides is 2. The molecule has 0 unspecified atom stereocenters. The number of ether oxygens (including phenoxy) is 1. The Morgan fingerprint density at radius 1 is 1.33 bits per heavy atom. The van der Waals surface area contributed by atoms with E-state index in [9.17, 15) is 9.59 Å². The molecule has 3 N–H and O–H groups in total. The number of hydrogen-bond acceptors (Lipinski definition) is 6. The van der Waals surface area contributed by atoms with Crippen molar-refractivity contribution in [2.75, 3.05) is 0 Å². The highest BCUT2D eigenvalue weighted by Crippen LogP contribution is 2.07. The molecular formula is C10H16N4O4. The number of carbonyl (C=O) groups excluding carboxylic acids is 2. The number of alkyl carbamates (subject to hydrolysis) is 1. The molecule has 0 saturated carbocycles. The number of nitrogens with two attached hydrogens (primary N) is 1. The number of nitrogens with zero attached hydrogens (tertiary/aromatic N) is 2. The second kappa shape index (κ2) is 5.48. The monoisotopic (exact) mass is 256 g/mol. The molecule has 100 valence electrons. The molecule has 0 fully saturated rings. The first-order chi connectivity index (χ1) is 8.26. The van der Waals surface area contributed by atoms with E-state index in [0.717, 1.165) is 0 Å². The fourth-order valence-corrected chi connectivity index (χ4v) is 1.04. The van der Waals surface area contributed by atoms with Crippen LogP contribution in [0, 0.1) is 0 Å². The van der Waals surface area contributed by atoms with E-state index in [1.54, 1.807) is 20.8 Å². The summed E-state index contributed by atoms with van der Waals surface area (Å²) in [6.45, 7) is 5.29. The Bertz CT molecular complexity index is 435. The maximum atomic E-state index is 11.3. The van der Waals surface area contributed by atoms with Crippen LogP contribution in [0.15, 0.2) is 4.42 Å². The standard InChI is InChI=1S/C10H16N4O4/c1-10(2,3)18-9(16)12-5-8-14-13-7(17-8)4-6(11)15/h4-5H2,1-3H3,(H2,11,15)(H,12,16). The third-order valence-electron chi connectivity index (χ3n) is 1.62. The summed E-state index contributed by atoms with van der Waals surface area (Å²) >= 11 is 0. The molecule has 1 aromatic rings. The Balaban J connectivity index is 2.42. The van der Waals surface area contributed by atoms with Crippen LogP contribution in [-0.2, 0) is 22.5 Å². The maximum absolute atomic E-state index is 11.3. The van der Waals surface area contributed by atoms with E-state index in [-0.39, 0.29) is 24.7 Å². The summed E-state index contributed by atoms with van der Waals surface area (Å²) < 4.78 is 10.1. The number of nitrogens with one attached hydrogen (secondary N) is 1. The molecule has 0 atom stereocenters. The van der Waals surface area contributed by atoms with Crippen LogP contribution in [0.5, 0.6) is 0 Å². The Labute approximate surface area is 104 Å². The van der Waals surface area contributed by atoms with E-state index < -0.39 is 17.6 Å². The molecule has 8 nitrogen and oxygen atoms in total. The lowest BCUT2D eigenvalue weighted by atomic mass is 10.2. The number of aromatic nitrogens is 2. The quantitative estimate of drug-likeness (QED) is 0.789. The average molecular weight is 256 g/mol. The van der Waals surface area contributed by atoms with Gasteiger partial charge < -0.3 is 20.2 Å². The van der Waals surface area contributed by atoms with Gasteiger partial charge in [-0.05, 0) is 20.8 Å². The second-order valence-corrected chi connectivity index (χ2v) is 4.59. The van der Waals surface area contributed by atoms with E-state index in [1.807, 2.05) is 0 Å². The van der Waals surface area contributed by atoms with Crippen molar-refractivity contribution >= 4 is 12.0 Å². The summed E-state index contributed by atoms with van der Waals surface area (Å²) in [5, 5.41) is 9.69. The molecule has 0 radical (unpaired) electrons. The molecule has 1 rings (SSSR count). The fraction of sp³-hybridized carbons (Fsp3) is 0.600. The summed E-state index contributed by atoms with van der Waals surface area (Å²) in [6.07, 6.45) is -0.712. The van der Waals surface area contributed by atoms with Crippen LogP contribution in [0.25, 0.3) is 0 Å². The second-order valence-electron chi connectivity index (χ2n) is 4.59. The summed E-state index contributed by atoms with van der Waals surface area (Å²) in [4.78, 5) is 21.9. The molecule has 1 aromatic heterocycles. The number of carbonyl (C=O) groups is 2. The normalized spacial score (nSPS) is 11.1. The van der Waals surface area contributed by atoms with Gasteiger partial charge in [0.05, 0.1) is 6.54 Å². The Kier molecular flexibility index (Phi) is 4.24. The first-order valence-corrected chi connectivity index (χ1v) is 5.32. The van der Waals surface area contributed by atoms with Gasteiger partial charge in [0, 0.05) is 0 Å². The van der Waals surface area contributed by atoms with Crippen LogP contribution >= 0.6 is 0 Å². The summed E-state index contributed by atoms with van der Waals surface area (Å²) in [7, 11) is 0. The third kappa shape index (κ3) is 5.28. The topological polar surface area (TPSA) is 120 Å². The van der Waals surface area contributed by atoms with E-state index in [4.69, 9.17) is 14.9 Å². The van der Waals surface area contributed by atoms with Gasteiger partial charge in [0.1, 0.15) is 12.0 Å². The molecule has 18 heavy (non-hydrogen) atoms. The van der Waals surface area contributed by atoms with Crippen molar-refractivity contribution in [1.29, 1.82) is 0 Å². The van der Waals surface area contributed by atoms with Crippen LogP contribution in [0.3, 0.4) is 0 Å². The van der Waals surface area contributed by atoms with E-state index in [2.05, 4.69) is 15.5 Å². The third-order valence-corrected chi connectivity index (χ3v) is 1.62. The number of rotatable bonds is 4. The SMILES string of the molecule is CC(C)(C)OC(=O)NCc1nnc(CC(N)=O)o1. The van der Waals surface area contributed by atoms with Gasteiger partial charge in [-0.25, -0.2) is 4.79 Å². The maximum Gasteiger partial charge on any atom is 0.408 e. The fourth-order valence-electron chi connectivity index (χ4n) is 1.04. The van der Waals surface area contributed by atoms with Gasteiger partial charge in [0.2, 0.25) is 17.7 Å². The lowest BCUT2D eigenvalue weighted by Crippen LogP contribution is -2.32. The van der Waals surface area contributed by atoms with E-state index in [1.165, 1.54) is 0 Å².